The summed E-state index contributed by atoms with van der Waals surface area (Å²) in [5.74, 6) is 1.23. The third-order valence-electron chi connectivity index (χ3n) is 0.676. The Kier molecular flexibility index (Phi) is 7.41. The van der Waals surface area contributed by atoms with Crippen LogP contribution in [0.15, 0.2) is 0 Å². The highest BCUT2D eigenvalue weighted by Gasteiger charge is 1.90. The van der Waals surface area contributed by atoms with Gasteiger partial charge in [-0.05, 0) is 18.4 Å². The average molecular weight is 263 g/mol. The van der Waals surface area contributed by atoms with Crippen LogP contribution in [0.1, 0.15) is 6.42 Å². The molecule has 0 aromatic heterocycles. The molecule has 0 atom stereocenters. The van der Waals surface area contributed by atoms with Crippen LogP contribution in [0.5, 0.6) is 0 Å². The summed E-state index contributed by atoms with van der Waals surface area (Å²) in [7, 11) is 0. The molecule has 0 radical (unpaired) electrons. The molecule has 0 aliphatic heterocycles. The van der Waals surface area contributed by atoms with Gasteiger partial charge in [0.05, 0.1) is 0 Å². The lowest BCUT2D eigenvalue weighted by molar-refractivity contribution is 0.749. The van der Waals surface area contributed by atoms with Crippen molar-refractivity contribution < 1.29 is 0 Å². The summed E-state index contributed by atoms with van der Waals surface area (Å²) in [5.41, 5.74) is 0. The molecule has 0 saturated heterocycles. The Hall–Kier alpha value is 1.27. The van der Waals surface area contributed by atoms with Gasteiger partial charge >= 0.3 is 0 Å². The highest BCUT2D eigenvalue weighted by Crippen LogP contribution is 2.07. The van der Waals surface area contributed by atoms with Crippen LogP contribution >= 0.6 is 44.1 Å². The second-order valence-corrected chi connectivity index (χ2v) is 5.02. The first-order valence-electron chi connectivity index (χ1n) is 2.35. The Morgan fingerprint density at radius 1 is 1.50 bits per heavy atom. The SMILES string of the molecule is CSCCCN(Br)Br. The van der Waals surface area contributed by atoms with Crippen LogP contribution in [-0.4, -0.2) is 21.5 Å². The largest absolute Gasteiger partial charge is 0.178 e. The molecule has 0 N–H and O–H groups in total. The number of hydrogen-bond donors (Lipinski definition) is 0. The molecule has 0 saturated carbocycles. The van der Waals surface area contributed by atoms with Gasteiger partial charge in [0.25, 0.3) is 0 Å². The van der Waals surface area contributed by atoms with Crippen LogP contribution in [0, 0.1) is 0 Å². The maximum Gasteiger partial charge on any atom is 0.0239 e. The summed E-state index contributed by atoms with van der Waals surface area (Å²) in [6.45, 7) is 1.06. The summed E-state index contributed by atoms with van der Waals surface area (Å²) < 4.78 is 1.84. The van der Waals surface area contributed by atoms with Crippen LogP contribution in [-0.2, 0) is 0 Å². The standard InChI is InChI=1S/C4H9Br2NS/c1-8-4-2-3-7(5)6/h2-4H2,1H3. The van der Waals surface area contributed by atoms with E-state index in [0.717, 1.165) is 6.54 Å². The van der Waals surface area contributed by atoms with Gasteiger partial charge in [-0.15, -0.1) is 0 Å². The van der Waals surface area contributed by atoms with E-state index in [9.17, 15) is 0 Å². The van der Waals surface area contributed by atoms with E-state index in [4.69, 9.17) is 0 Å². The first-order valence-corrected chi connectivity index (χ1v) is 5.16. The topological polar surface area (TPSA) is 3.24 Å². The average Bonchev–Trinajstić information content (AvgIpc) is 1.66. The van der Waals surface area contributed by atoms with Crippen molar-refractivity contribution in [3.8, 4) is 0 Å². The van der Waals surface area contributed by atoms with E-state index in [1.165, 1.54) is 12.2 Å². The van der Waals surface area contributed by atoms with Gasteiger partial charge in [-0.25, -0.2) is 0 Å². The minimum absolute atomic E-state index is 1.06. The number of hydrogen-bond acceptors (Lipinski definition) is 2. The van der Waals surface area contributed by atoms with Crippen molar-refractivity contribution in [1.29, 1.82) is 0 Å². The van der Waals surface area contributed by atoms with Gasteiger partial charge in [-0.1, -0.05) is 0 Å². The molecule has 0 bridgehead atoms. The number of halogens is 2. The lowest BCUT2D eigenvalue weighted by Gasteiger charge is -2.01. The van der Waals surface area contributed by atoms with Crippen molar-refractivity contribution in [2.45, 2.75) is 6.42 Å². The van der Waals surface area contributed by atoms with Gasteiger partial charge < -0.3 is 0 Å². The van der Waals surface area contributed by atoms with Gasteiger partial charge in [-0.3, -0.25) is 0 Å². The lowest BCUT2D eigenvalue weighted by atomic mass is 10.5. The molecule has 0 aliphatic carbocycles. The highest BCUT2D eigenvalue weighted by atomic mass is 79.9. The van der Waals surface area contributed by atoms with Crippen molar-refractivity contribution in [3.05, 3.63) is 0 Å². The van der Waals surface area contributed by atoms with Crippen molar-refractivity contribution in [2.75, 3.05) is 18.6 Å². The van der Waals surface area contributed by atoms with E-state index in [1.54, 1.807) is 0 Å². The molecule has 0 unspecified atom stereocenters. The molecule has 4 heteroatoms. The second-order valence-electron chi connectivity index (χ2n) is 1.37. The fraction of sp³-hybridized carbons (Fsp3) is 1.00. The third kappa shape index (κ3) is 7.27. The fourth-order valence-electron chi connectivity index (χ4n) is 0.328. The summed E-state index contributed by atoms with van der Waals surface area (Å²) in [6, 6.07) is 0. The number of thioether (sulfide) groups is 1. The van der Waals surface area contributed by atoms with Crippen LogP contribution in [0.3, 0.4) is 0 Å². The van der Waals surface area contributed by atoms with E-state index >= 15 is 0 Å². The molecular formula is C4H9Br2NS. The molecule has 0 fully saturated rings. The zero-order valence-electron chi connectivity index (χ0n) is 4.73. The van der Waals surface area contributed by atoms with Crippen LogP contribution in [0.2, 0.25) is 0 Å². The summed E-state index contributed by atoms with van der Waals surface area (Å²) in [6.07, 6.45) is 3.34. The molecule has 8 heavy (non-hydrogen) atoms. The maximum absolute atomic E-state index is 3.25. The molecule has 0 amide bonds. The minimum atomic E-state index is 1.06. The Morgan fingerprint density at radius 3 is 2.50 bits per heavy atom. The van der Waals surface area contributed by atoms with Crippen molar-refractivity contribution >= 4 is 44.1 Å². The molecule has 0 aliphatic rings. The first kappa shape index (κ1) is 9.27. The summed E-state index contributed by atoms with van der Waals surface area (Å²) in [5, 5.41) is 0. The van der Waals surface area contributed by atoms with Gasteiger partial charge in [0.1, 0.15) is 0 Å². The Bertz CT molecular complexity index is 51.3. The Morgan fingerprint density at radius 2 is 2.12 bits per heavy atom. The first-order chi connectivity index (χ1) is 3.77. The summed E-state index contributed by atoms with van der Waals surface area (Å²) in [4.78, 5) is 0. The molecule has 0 rings (SSSR count). The number of rotatable bonds is 4. The molecule has 0 spiro atoms. The smallest absolute Gasteiger partial charge is 0.0239 e. The van der Waals surface area contributed by atoms with Crippen LogP contribution < -0.4 is 0 Å². The van der Waals surface area contributed by atoms with Crippen LogP contribution in [0.4, 0.5) is 0 Å². The van der Waals surface area contributed by atoms with Crippen molar-refractivity contribution in [2.24, 2.45) is 0 Å². The quantitative estimate of drug-likeness (QED) is 0.566. The number of nitrogens with zero attached hydrogens (tertiary/aromatic N) is 1. The molecule has 0 aromatic rings. The predicted octanol–water partition coefficient (Wildman–Crippen LogP) is 2.66. The molecule has 50 valence electrons. The van der Waals surface area contributed by atoms with E-state index in [1.807, 2.05) is 14.7 Å². The zero-order valence-corrected chi connectivity index (χ0v) is 8.72. The molecule has 1 nitrogen and oxygen atoms in total. The van der Waals surface area contributed by atoms with E-state index in [0.29, 0.717) is 0 Å². The zero-order chi connectivity index (χ0) is 6.41. The van der Waals surface area contributed by atoms with Crippen molar-refractivity contribution in [3.63, 3.8) is 0 Å². The van der Waals surface area contributed by atoms with Gasteiger partial charge in [-0.2, -0.15) is 14.7 Å². The maximum atomic E-state index is 3.25. The Labute approximate surface area is 71.9 Å². The van der Waals surface area contributed by atoms with E-state index in [-0.39, 0.29) is 0 Å². The molecule has 0 heterocycles. The van der Waals surface area contributed by atoms with E-state index < -0.39 is 0 Å². The van der Waals surface area contributed by atoms with Gasteiger partial charge in [0.15, 0.2) is 0 Å². The van der Waals surface area contributed by atoms with E-state index in [2.05, 4.69) is 38.6 Å². The summed E-state index contributed by atoms with van der Waals surface area (Å²) >= 11 is 8.37. The highest BCUT2D eigenvalue weighted by molar-refractivity contribution is 9.21. The van der Waals surface area contributed by atoms with Gasteiger partial charge in [0.2, 0.25) is 0 Å². The fourth-order valence-corrected chi connectivity index (χ4v) is 1.25. The molecule has 0 aromatic carbocycles. The lowest BCUT2D eigenvalue weighted by Crippen LogP contribution is -1.98. The predicted molar refractivity (Wildman–Crippen MR) is 47.6 cm³/mol. The van der Waals surface area contributed by atoms with Crippen LogP contribution in [0.25, 0.3) is 0 Å². The monoisotopic (exact) mass is 261 g/mol. The van der Waals surface area contributed by atoms with Gasteiger partial charge in [0, 0.05) is 38.8 Å². The normalized spacial score (nSPS) is 10.5. The second kappa shape index (κ2) is 6.39. The van der Waals surface area contributed by atoms with Crippen molar-refractivity contribution in [1.82, 2.24) is 2.95 Å². The minimum Gasteiger partial charge on any atom is -0.178 e. The third-order valence-corrected chi connectivity index (χ3v) is 2.08. The molecular weight excluding hydrogens is 254 g/mol. The Balaban J connectivity index is 2.72.